The number of aromatic amines is 1. The van der Waals surface area contributed by atoms with Gasteiger partial charge in [-0.25, -0.2) is 4.68 Å². The van der Waals surface area contributed by atoms with Crippen LogP contribution in [0.15, 0.2) is 71.5 Å². The highest BCUT2D eigenvalue weighted by Gasteiger charge is 2.22. The Bertz CT molecular complexity index is 1260. The van der Waals surface area contributed by atoms with Crippen LogP contribution in [-0.2, 0) is 11.3 Å². The van der Waals surface area contributed by atoms with Crippen LogP contribution in [-0.4, -0.2) is 52.5 Å². The lowest BCUT2D eigenvalue weighted by Gasteiger charge is -2.35. The molecule has 5 rings (SSSR count). The SMILES string of the molecule is Cc1nn(-c2ccccc2)c2[nH]c(=O)c(CNCC(c3ccccc3)N3CCOCC3)cc12. The third kappa shape index (κ3) is 4.61. The van der Waals surface area contributed by atoms with E-state index in [1.54, 1.807) is 4.68 Å². The van der Waals surface area contributed by atoms with E-state index in [0.717, 1.165) is 55.3 Å². The summed E-state index contributed by atoms with van der Waals surface area (Å²) < 4.78 is 7.34. The average Bonchev–Trinajstić information content (AvgIpc) is 3.18. The Kier molecular flexibility index (Phi) is 6.35. The van der Waals surface area contributed by atoms with E-state index in [9.17, 15) is 4.79 Å². The van der Waals surface area contributed by atoms with E-state index in [4.69, 9.17) is 4.74 Å². The van der Waals surface area contributed by atoms with Gasteiger partial charge in [0.25, 0.3) is 5.56 Å². The van der Waals surface area contributed by atoms with Gasteiger partial charge in [-0.1, -0.05) is 48.5 Å². The number of pyridine rings is 1. The molecule has 7 heteroatoms. The molecule has 2 N–H and O–H groups in total. The topological polar surface area (TPSA) is 75.2 Å². The first-order valence-electron chi connectivity index (χ1n) is 11.4. The molecule has 1 aliphatic rings. The molecular weight excluding hydrogens is 414 g/mol. The van der Waals surface area contributed by atoms with E-state index < -0.39 is 0 Å². The lowest BCUT2D eigenvalue weighted by molar-refractivity contribution is 0.0161. The fourth-order valence-electron chi connectivity index (χ4n) is 4.51. The first-order valence-corrected chi connectivity index (χ1v) is 11.4. The van der Waals surface area contributed by atoms with Gasteiger partial charge in [0.2, 0.25) is 0 Å². The molecule has 2 aromatic carbocycles. The van der Waals surface area contributed by atoms with Crippen molar-refractivity contribution in [3.05, 3.63) is 93.9 Å². The predicted octanol–water partition coefficient (Wildman–Crippen LogP) is 3.19. The number of hydrogen-bond donors (Lipinski definition) is 2. The van der Waals surface area contributed by atoms with Gasteiger partial charge in [0, 0.05) is 43.2 Å². The van der Waals surface area contributed by atoms with Crippen LogP contribution in [0, 0.1) is 6.92 Å². The Morgan fingerprint density at radius 1 is 1.06 bits per heavy atom. The molecule has 33 heavy (non-hydrogen) atoms. The summed E-state index contributed by atoms with van der Waals surface area (Å²) in [6.45, 7) is 6.55. The van der Waals surface area contributed by atoms with Crippen LogP contribution in [0.3, 0.4) is 0 Å². The van der Waals surface area contributed by atoms with E-state index in [-0.39, 0.29) is 11.6 Å². The van der Waals surface area contributed by atoms with Gasteiger partial charge in [0.1, 0.15) is 5.65 Å². The maximum absolute atomic E-state index is 12.9. The fraction of sp³-hybridized carbons (Fsp3) is 0.308. The number of benzene rings is 2. The zero-order valence-corrected chi connectivity index (χ0v) is 18.8. The number of nitrogens with zero attached hydrogens (tertiary/aromatic N) is 3. The van der Waals surface area contributed by atoms with Crippen LogP contribution < -0.4 is 10.9 Å². The zero-order valence-electron chi connectivity index (χ0n) is 18.8. The number of para-hydroxylation sites is 1. The van der Waals surface area contributed by atoms with Crippen molar-refractivity contribution < 1.29 is 4.74 Å². The minimum absolute atomic E-state index is 0.0882. The number of ether oxygens (including phenoxy) is 1. The highest BCUT2D eigenvalue weighted by molar-refractivity contribution is 5.80. The molecule has 7 nitrogen and oxygen atoms in total. The Morgan fingerprint density at radius 2 is 1.76 bits per heavy atom. The summed E-state index contributed by atoms with van der Waals surface area (Å²) in [4.78, 5) is 18.4. The smallest absolute Gasteiger partial charge is 0.254 e. The molecule has 2 aromatic heterocycles. The molecule has 3 heterocycles. The van der Waals surface area contributed by atoms with E-state index in [2.05, 4.69) is 44.6 Å². The highest BCUT2D eigenvalue weighted by Crippen LogP contribution is 2.22. The standard InChI is InChI=1S/C26H29N5O2/c1-19-23-16-21(26(32)28-25(23)31(29-19)22-10-6-3-7-11-22)17-27-18-24(20-8-4-2-5-9-20)30-12-14-33-15-13-30/h2-11,16,24,27H,12-15,17-18H2,1H3,(H,28,32). The van der Waals surface area contributed by atoms with E-state index in [1.807, 2.05) is 49.4 Å². The highest BCUT2D eigenvalue weighted by atomic mass is 16.5. The third-order valence-electron chi connectivity index (χ3n) is 6.27. The van der Waals surface area contributed by atoms with Crippen LogP contribution in [0.5, 0.6) is 0 Å². The van der Waals surface area contributed by atoms with Crippen LogP contribution in [0.25, 0.3) is 16.7 Å². The van der Waals surface area contributed by atoms with Crippen molar-refractivity contribution in [1.82, 2.24) is 25.0 Å². The first-order chi connectivity index (χ1) is 16.2. The van der Waals surface area contributed by atoms with Crippen molar-refractivity contribution in [2.75, 3.05) is 32.8 Å². The molecule has 0 amide bonds. The second-order valence-electron chi connectivity index (χ2n) is 8.42. The van der Waals surface area contributed by atoms with E-state index >= 15 is 0 Å². The Balaban J connectivity index is 1.36. The molecule has 1 unspecified atom stereocenters. The molecule has 0 bridgehead atoms. The number of fused-ring (bicyclic) bond motifs is 1. The van der Waals surface area contributed by atoms with E-state index in [0.29, 0.717) is 12.1 Å². The Hall–Kier alpha value is -3.26. The average molecular weight is 444 g/mol. The first kappa shape index (κ1) is 21.6. The summed E-state index contributed by atoms with van der Waals surface area (Å²) in [5.74, 6) is 0. The lowest BCUT2D eigenvalue weighted by atomic mass is 10.0. The van der Waals surface area contributed by atoms with Gasteiger partial charge < -0.3 is 15.0 Å². The van der Waals surface area contributed by atoms with Gasteiger partial charge in [0.15, 0.2) is 0 Å². The number of aryl methyl sites for hydroxylation is 1. The number of aromatic nitrogens is 3. The summed E-state index contributed by atoms with van der Waals surface area (Å²) in [6, 6.07) is 22.6. The van der Waals surface area contributed by atoms with Gasteiger partial charge in [-0.3, -0.25) is 9.69 Å². The minimum Gasteiger partial charge on any atom is -0.379 e. The molecule has 1 aliphatic heterocycles. The molecular formula is C26H29N5O2. The fourth-order valence-corrected chi connectivity index (χ4v) is 4.51. The van der Waals surface area contributed by atoms with Gasteiger partial charge in [-0.2, -0.15) is 5.10 Å². The van der Waals surface area contributed by atoms with Crippen LogP contribution >= 0.6 is 0 Å². The molecule has 0 spiro atoms. The van der Waals surface area contributed by atoms with Crippen molar-refractivity contribution >= 4 is 11.0 Å². The van der Waals surface area contributed by atoms with E-state index in [1.165, 1.54) is 5.56 Å². The molecule has 170 valence electrons. The molecule has 0 radical (unpaired) electrons. The number of H-pyrrole nitrogens is 1. The van der Waals surface area contributed by atoms with Crippen LogP contribution in [0.2, 0.25) is 0 Å². The second-order valence-corrected chi connectivity index (χ2v) is 8.42. The molecule has 1 fully saturated rings. The van der Waals surface area contributed by atoms with Crippen molar-refractivity contribution in [2.45, 2.75) is 19.5 Å². The van der Waals surface area contributed by atoms with Crippen LogP contribution in [0.4, 0.5) is 0 Å². The quantitative estimate of drug-likeness (QED) is 0.459. The van der Waals surface area contributed by atoms with Crippen LogP contribution in [0.1, 0.15) is 22.9 Å². The maximum Gasteiger partial charge on any atom is 0.254 e. The summed E-state index contributed by atoms with van der Waals surface area (Å²) in [7, 11) is 0. The minimum atomic E-state index is -0.0882. The van der Waals surface area contributed by atoms with Gasteiger partial charge >= 0.3 is 0 Å². The summed E-state index contributed by atoms with van der Waals surface area (Å²) in [5.41, 5.74) is 4.44. The predicted molar refractivity (Wildman–Crippen MR) is 130 cm³/mol. The third-order valence-corrected chi connectivity index (χ3v) is 6.27. The molecule has 1 saturated heterocycles. The molecule has 0 saturated carbocycles. The monoisotopic (exact) mass is 443 g/mol. The van der Waals surface area contributed by atoms with Crippen molar-refractivity contribution in [2.24, 2.45) is 0 Å². The van der Waals surface area contributed by atoms with Crippen molar-refractivity contribution in [3.63, 3.8) is 0 Å². The normalized spacial score (nSPS) is 15.7. The lowest BCUT2D eigenvalue weighted by Crippen LogP contribution is -2.43. The van der Waals surface area contributed by atoms with Gasteiger partial charge in [-0.05, 0) is 30.7 Å². The number of hydrogen-bond acceptors (Lipinski definition) is 5. The summed E-state index contributed by atoms with van der Waals surface area (Å²) in [5, 5.41) is 9.15. The van der Waals surface area contributed by atoms with Gasteiger partial charge in [0.05, 0.1) is 24.6 Å². The van der Waals surface area contributed by atoms with Gasteiger partial charge in [-0.15, -0.1) is 0 Å². The number of nitrogens with one attached hydrogen (secondary N) is 2. The molecule has 4 aromatic rings. The molecule has 1 atom stereocenters. The van der Waals surface area contributed by atoms with Crippen molar-refractivity contribution in [1.29, 1.82) is 0 Å². The Morgan fingerprint density at radius 3 is 2.48 bits per heavy atom. The summed E-state index contributed by atoms with van der Waals surface area (Å²) >= 11 is 0. The zero-order chi connectivity index (χ0) is 22.6. The number of rotatable bonds is 7. The second kappa shape index (κ2) is 9.70. The number of morpholine rings is 1. The maximum atomic E-state index is 12.9. The molecule has 0 aliphatic carbocycles. The van der Waals surface area contributed by atoms with Crippen molar-refractivity contribution in [3.8, 4) is 5.69 Å². The summed E-state index contributed by atoms with van der Waals surface area (Å²) in [6.07, 6.45) is 0. The largest absolute Gasteiger partial charge is 0.379 e. The Labute approximate surface area is 193 Å².